The van der Waals surface area contributed by atoms with E-state index >= 15 is 0 Å². The standard InChI is InChI=1S/C18H27N3O2/c1-4-7-12-23-15-8-9-16-17(13-15)19-14-21(18(16)22)11-10-20(5-2)6-3/h8-9,13-14H,4-7,10-12H2,1-3H3. The van der Waals surface area contributed by atoms with Crippen molar-refractivity contribution in [2.24, 2.45) is 0 Å². The van der Waals surface area contributed by atoms with Gasteiger partial charge in [-0.05, 0) is 31.6 Å². The van der Waals surface area contributed by atoms with Gasteiger partial charge in [0.15, 0.2) is 0 Å². The number of unbranched alkanes of at least 4 members (excludes halogenated alkanes) is 1. The summed E-state index contributed by atoms with van der Waals surface area (Å²) in [5.41, 5.74) is 0.713. The van der Waals surface area contributed by atoms with Crippen LogP contribution in [0.2, 0.25) is 0 Å². The number of hydrogen-bond acceptors (Lipinski definition) is 4. The largest absolute Gasteiger partial charge is 0.494 e. The molecule has 0 fully saturated rings. The molecule has 23 heavy (non-hydrogen) atoms. The second-order valence-electron chi connectivity index (χ2n) is 5.65. The number of aromatic nitrogens is 2. The predicted molar refractivity (Wildman–Crippen MR) is 94.2 cm³/mol. The summed E-state index contributed by atoms with van der Waals surface area (Å²) >= 11 is 0. The molecular weight excluding hydrogens is 290 g/mol. The molecule has 5 nitrogen and oxygen atoms in total. The summed E-state index contributed by atoms with van der Waals surface area (Å²) in [5, 5.41) is 0.648. The number of nitrogens with zero attached hydrogens (tertiary/aromatic N) is 3. The minimum Gasteiger partial charge on any atom is -0.494 e. The Balaban J connectivity index is 2.15. The van der Waals surface area contributed by atoms with Crippen molar-refractivity contribution in [2.75, 3.05) is 26.2 Å². The molecule has 0 spiro atoms. The molecule has 0 unspecified atom stereocenters. The average molecular weight is 317 g/mol. The van der Waals surface area contributed by atoms with Crippen LogP contribution in [0.15, 0.2) is 29.3 Å². The van der Waals surface area contributed by atoms with Crippen molar-refractivity contribution in [3.05, 3.63) is 34.9 Å². The summed E-state index contributed by atoms with van der Waals surface area (Å²) in [6, 6.07) is 5.52. The van der Waals surface area contributed by atoms with Gasteiger partial charge in [-0.2, -0.15) is 0 Å². The molecule has 0 amide bonds. The molecule has 0 atom stereocenters. The molecule has 126 valence electrons. The SMILES string of the molecule is CCCCOc1ccc2c(=O)n(CCN(CC)CC)cnc2c1. The highest BCUT2D eigenvalue weighted by atomic mass is 16.5. The number of rotatable bonds is 9. The van der Waals surface area contributed by atoms with E-state index in [0.717, 1.165) is 38.2 Å². The van der Waals surface area contributed by atoms with Crippen LogP contribution in [0.4, 0.5) is 0 Å². The van der Waals surface area contributed by atoms with Gasteiger partial charge in [0.2, 0.25) is 0 Å². The van der Waals surface area contributed by atoms with Gasteiger partial charge in [-0.25, -0.2) is 4.98 Å². The van der Waals surface area contributed by atoms with Crippen molar-refractivity contribution in [3.63, 3.8) is 0 Å². The van der Waals surface area contributed by atoms with Gasteiger partial charge in [0.1, 0.15) is 5.75 Å². The maximum atomic E-state index is 12.6. The molecular formula is C18H27N3O2. The first-order valence-corrected chi connectivity index (χ1v) is 8.53. The maximum absolute atomic E-state index is 12.6. The van der Waals surface area contributed by atoms with E-state index in [1.807, 2.05) is 18.2 Å². The fourth-order valence-corrected chi connectivity index (χ4v) is 2.51. The molecule has 0 aliphatic heterocycles. The first-order chi connectivity index (χ1) is 11.2. The van der Waals surface area contributed by atoms with Crippen LogP contribution in [0, 0.1) is 0 Å². The fraction of sp³-hybridized carbons (Fsp3) is 0.556. The Kier molecular flexibility index (Phi) is 6.59. The van der Waals surface area contributed by atoms with Crippen molar-refractivity contribution in [3.8, 4) is 5.75 Å². The summed E-state index contributed by atoms with van der Waals surface area (Å²) < 4.78 is 7.37. The van der Waals surface area contributed by atoms with Crippen LogP contribution < -0.4 is 10.3 Å². The average Bonchev–Trinajstić information content (AvgIpc) is 2.58. The van der Waals surface area contributed by atoms with Gasteiger partial charge in [-0.15, -0.1) is 0 Å². The predicted octanol–water partition coefficient (Wildman–Crippen LogP) is 2.92. The van der Waals surface area contributed by atoms with Gasteiger partial charge >= 0.3 is 0 Å². The lowest BCUT2D eigenvalue weighted by Crippen LogP contribution is -2.31. The molecule has 5 heteroatoms. The Morgan fingerprint density at radius 3 is 2.70 bits per heavy atom. The smallest absolute Gasteiger partial charge is 0.261 e. The summed E-state index contributed by atoms with van der Waals surface area (Å²) in [5.74, 6) is 0.777. The zero-order valence-corrected chi connectivity index (χ0v) is 14.4. The Labute approximate surface area is 137 Å². The Bertz CT molecular complexity index is 678. The lowest BCUT2D eigenvalue weighted by Gasteiger charge is -2.18. The lowest BCUT2D eigenvalue weighted by atomic mass is 10.2. The minimum atomic E-state index is 0.0160. The van der Waals surface area contributed by atoms with Crippen LogP contribution in [0.5, 0.6) is 5.75 Å². The molecule has 0 saturated carbocycles. The molecule has 0 saturated heterocycles. The number of hydrogen-bond donors (Lipinski definition) is 0. The van der Waals surface area contributed by atoms with E-state index in [1.165, 1.54) is 0 Å². The second kappa shape index (κ2) is 8.67. The molecule has 1 aromatic carbocycles. The van der Waals surface area contributed by atoms with E-state index in [0.29, 0.717) is 24.1 Å². The highest BCUT2D eigenvalue weighted by molar-refractivity contribution is 5.78. The summed E-state index contributed by atoms with van der Waals surface area (Å²) in [6.07, 6.45) is 3.77. The second-order valence-corrected chi connectivity index (χ2v) is 5.65. The number of likely N-dealkylation sites (N-methyl/N-ethyl adjacent to an activating group) is 1. The van der Waals surface area contributed by atoms with E-state index in [4.69, 9.17) is 4.74 Å². The van der Waals surface area contributed by atoms with Crippen molar-refractivity contribution in [2.45, 2.75) is 40.2 Å². The molecule has 0 aliphatic carbocycles. The lowest BCUT2D eigenvalue weighted by molar-refractivity contribution is 0.289. The van der Waals surface area contributed by atoms with Gasteiger partial charge in [0.25, 0.3) is 5.56 Å². The van der Waals surface area contributed by atoms with Gasteiger partial charge in [-0.1, -0.05) is 27.2 Å². The maximum Gasteiger partial charge on any atom is 0.261 e. The molecule has 2 rings (SSSR count). The van der Waals surface area contributed by atoms with E-state index < -0.39 is 0 Å². The molecule has 1 heterocycles. The number of ether oxygens (including phenoxy) is 1. The fourth-order valence-electron chi connectivity index (χ4n) is 2.51. The Hall–Kier alpha value is -1.88. The number of benzene rings is 1. The highest BCUT2D eigenvalue weighted by Crippen LogP contribution is 2.17. The first kappa shape index (κ1) is 17.5. The normalized spacial score (nSPS) is 11.3. The van der Waals surface area contributed by atoms with Crippen LogP contribution in [0.3, 0.4) is 0 Å². The van der Waals surface area contributed by atoms with Crippen molar-refractivity contribution in [1.29, 1.82) is 0 Å². The molecule has 1 aromatic heterocycles. The zero-order valence-electron chi connectivity index (χ0n) is 14.4. The third kappa shape index (κ3) is 4.55. The first-order valence-electron chi connectivity index (χ1n) is 8.53. The van der Waals surface area contributed by atoms with Gasteiger partial charge in [0.05, 0.1) is 23.8 Å². The Morgan fingerprint density at radius 2 is 2.00 bits per heavy atom. The van der Waals surface area contributed by atoms with Crippen LogP contribution >= 0.6 is 0 Å². The van der Waals surface area contributed by atoms with Crippen LogP contribution in [-0.4, -0.2) is 40.7 Å². The third-order valence-electron chi connectivity index (χ3n) is 4.11. The highest BCUT2D eigenvalue weighted by Gasteiger charge is 2.07. The van der Waals surface area contributed by atoms with Gasteiger partial charge < -0.3 is 9.64 Å². The van der Waals surface area contributed by atoms with E-state index in [-0.39, 0.29) is 5.56 Å². The monoisotopic (exact) mass is 317 g/mol. The zero-order chi connectivity index (χ0) is 16.7. The quantitative estimate of drug-likeness (QED) is 0.667. The third-order valence-corrected chi connectivity index (χ3v) is 4.11. The summed E-state index contributed by atoms with van der Waals surface area (Å²) in [6.45, 7) is 10.6. The van der Waals surface area contributed by atoms with Crippen molar-refractivity contribution < 1.29 is 4.74 Å². The van der Waals surface area contributed by atoms with Crippen molar-refractivity contribution >= 4 is 10.9 Å². The van der Waals surface area contributed by atoms with Crippen molar-refractivity contribution in [1.82, 2.24) is 14.5 Å². The van der Waals surface area contributed by atoms with E-state index in [1.54, 1.807) is 10.9 Å². The molecule has 0 aliphatic rings. The van der Waals surface area contributed by atoms with E-state index in [9.17, 15) is 4.79 Å². The summed E-state index contributed by atoms with van der Waals surface area (Å²) in [4.78, 5) is 19.3. The van der Waals surface area contributed by atoms with E-state index in [2.05, 4.69) is 30.7 Å². The van der Waals surface area contributed by atoms with Gasteiger partial charge in [0, 0.05) is 19.2 Å². The van der Waals surface area contributed by atoms with Crippen LogP contribution in [0.1, 0.15) is 33.6 Å². The van der Waals surface area contributed by atoms with Crippen LogP contribution in [-0.2, 0) is 6.54 Å². The molecule has 0 radical (unpaired) electrons. The molecule has 2 aromatic rings. The minimum absolute atomic E-state index is 0.0160. The van der Waals surface area contributed by atoms with Gasteiger partial charge in [-0.3, -0.25) is 9.36 Å². The summed E-state index contributed by atoms with van der Waals surface area (Å²) in [7, 11) is 0. The van der Waals surface area contributed by atoms with Crippen LogP contribution in [0.25, 0.3) is 10.9 Å². The molecule has 0 bridgehead atoms. The molecule has 0 N–H and O–H groups in total. The number of fused-ring (bicyclic) bond motifs is 1. The topological polar surface area (TPSA) is 47.4 Å². The Morgan fingerprint density at radius 1 is 1.22 bits per heavy atom.